The lowest BCUT2D eigenvalue weighted by molar-refractivity contribution is 0.00752. The molecule has 6 nitrogen and oxygen atoms in total. The molecule has 7 heteroatoms. The number of nitrogens with zero attached hydrogens (tertiary/aromatic N) is 3. The number of ether oxygens (including phenoxy) is 1. The molecule has 1 fully saturated rings. The van der Waals surface area contributed by atoms with Crippen LogP contribution in [0.2, 0.25) is 0 Å². The van der Waals surface area contributed by atoms with Gasteiger partial charge < -0.3 is 20.3 Å². The van der Waals surface area contributed by atoms with E-state index in [1.54, 1.807) is 0 Å². The number of guanidine groups is 1. The molecule has 1 heterocycles. The summed E-state index contributed by atoms with van der Waals surface area (Å²) in [6, 6.07) is 11.1. The predicted octanol–water partition coefficient (Wildman–Crippen LogP) is 2.26. The van der Waals surface area contributed by atoms with E-state index in [-0.39, 0.29) is 24.0 Å². The molecular formula is C21H38IN5O. The molecule has 0 spiro atoms. The van der Waals surface area contributed by atoms with Crippen molar-refractivity contribution < 1.29 is 4.74 Å². The average Bonchev–Trinajstić information content (AvgIpc) is 2.68. The number of halogens is 1. The maximum Gasteiger partial charge on any atom is 0.191 e. The van der Waals surface area contributed by atoms with Gasteiger partial charge in [0.2, 0.25) is 0 Å². The van der Waals surface area contributed by atoms with Crippen molar-refractivity contribution >= 4 is 29.9 Å². The third kappa shape index (κ3) is 9.07. The van der Waals surface area contributed by atoms with E-state index in [4.69, 9.17) is 4.74 Å². The second kappa shape index (κ2) is 14.1. The molecule has 1 aromatic rings. The zero-order valence-corrected chi connectivity index (χ0v) is 20.2. The van der Waals surface area contributed by atoms with E-state index in [9.17, 15) is 0 Å². The molecule has 1 unspecified atom stereocenters. The summed E-state index contributed by atoms with van der Waals surface area (Å²) in [5, 5.41) is 6.95. The molecule has 2 N–H and O–H groups in total. The van der Waals surface area contributed by atoms with Gasteiger partial charge in [0.05, 0.1) is 13.2 Å². The second-order valence-electron chi connectivity index (χ2n) is 7.56. The number of nitrogens with one attached hydrogen (secondary N) is 2. The van der Waals surface area contributed by atoms with Gasteiger partial charge in [0.15, 0.2) is 5.96 Å². The lowest BCUT2D eigenvalue weighted by atomic mass is 10.0. The highest BCUT2D eigenvalue weighted by Crippen LogP contribution is 2.12. The molecule has 0 aromatic heterocycles. The minimum absolute atomic E-state index is 0. The van der Waals surface area contributed by atoms with Crippen molar-refractivity contribution in [1.29, 1.82) is 0 Å². The van der Waals surface area contributed by atoms with Gasteiger partial charge in [0, 0.05) is 52.4 Å². The second-order valence-corrected chi connectivity index (χ2v) is 7.56. The van der Waals surface area contributed by atoms with E-state index in [0.717, 1.165) is 58.4 Å². The van der Waals surface area contributed by atoms with Gasteiger partial charge in [0.25, 0.3) is 0 Å². The van der Waals surface area contributed by atoms with Crippen molar-refractivity contribution in [2.75, 3.05) is 60.0 Å². The number of hydrogen-bond donors (Lipinski definition) is 2. The summed E-state index contributed by atoms with van der Waals surface area (Å²) in [4.78, 5) is 9.23. The lowest BCUT2D eigenvalue weighted by Gasteiger charge is -2.37. The summed E-state index contributed by atoms with van der Waals surface area (Å²) in [6.07, 6.45) is 0. The largest absolute Gasteiger partial charge is 0.379 e. The van der Waals surface area contributed by atoms with Crippen LogP contribution in [0.25, 0.3) is 0 Å². The van der Waals surface area contributed by atoms with E-state index in [0.29, 0.717) is 12.0 Å². The van der Waals surface area contributed by atoms with Gasteiger partial charge in [-0.25, -0.2) is 0 Å². The molecule has 1 atom stereocenters. The lowest BCUT2D eigenvalue weighted by Crippen LogP contribution is -2.53. The molecule has 1 saturated heterocycles. The van der Waals surface area contributed by atoms with E-state index >= 15 is 0 Å². The molecule has 0 saturated carbocycles. The summed E-state index contributed by atoms with van der Waals surface area (Å²) in [6.45, 7) is 12.0. The molecule has 0 aliphatic carbocycles. The first-order valence-corrected chi connectivity index (χ1v) is 10.1. The van der Waals surface area contributed by atoms with Crippen LogP contribution in [0.4, 0.5) is 0 Å². The molecule has 1 aliphatic heterocycles. The normalized spacial score (nSPS) is 16.7. The first-order chi connectivity index (χ1) is 13.1. The Hall–Kier alpha value is -0.900. The van der Waals surface area contributed by atoms with Crippen LogP contribution in [0.3, 0.4) is 0 Å². The van der Waals surface area contributed by atoms with E-state index in [1.807, 2.05) is 7.05 Å². The zero-order chi connectivity index (χ0) is 19.5. The minimum atomic E-state index is 0. The number of hydrogen-bond acceptors (Lipinski definition) is 4. The van der Waals surface area contributed by atoms with E-state index < -0.39 is 0 Å². The summed E-state index contributed by atoms with van der Waals surface area (Å²) < 4.78 is 5.49. The summed E-state index contributed by atoms with van der Waals surface area (Å²) in [7, 11) is 3.99. The summed E-state index contributed by atoms with van der Waals surface area (Å²) in [5.74, 6) is 1.47. The van der Waals surface area contributed by atoms with Crippen LogP contribution >= 0.6 is 24.0 Å². The van der Waals surface area contributed by atoms with Crippen LogP contribution in [0.1, 0.15) is 19.4 Å². The first-order valence-electron chi connectivity index (χ1n) is 10.1. The van der Waals surface area contributed by atoms with Crippen LogP contribution in [0, 0.1) is 5.92 Å². The number of aliphatic imine (C=N–C) groups is 1. The molecule has 0 radical (unpaired) electrons. The van der Waals surface area contributed by atoms with Crippen molar-refractivity contribution in [2.45, 2.75) is 26.4 Å². The maximum atomic E-state index is 5.49. The van der Waals surface area contributed by atoms with E-state index in [1.165, 1.54) is 5.56 Å². The molecular weight excluding hydrogens is 465 g/mol. The Labute approximate surface area is 188 Å². The van der Waals surface area contributed by atoms with Crippen molar-refractivity contribution in [3.05, 3.63) is 35.9 Å². The maximum absolute atomic E-state index is 5.49. The SMILES string of the molecule is CN=C(NCCN(C)Cc1ccccc1)NCC(C(C)C)N1CCOCC1.I. The highest BCUT2D eigenvalue weighted by atomic mass is 127. The Bertz CT molecular complexity index is 549. The van der Waals surface area contributed by atoms with Crippen LogP contribution in [-0.4, -0.2) is 81.8 Å². The van der Waals surface area contributed by atoms with Crippen molar-refractivity contribution in [3.63, 3.8) is 0 Å². The van der Waals surface area contributed by atoms with Gasteiger partial charge in [-0.05, 0) is 18.5 Å². The van der Waals surface area contributed by atoms with Crippen LogP contribution in [0.15, 0.2) is 35.3 Å². The monoisotopic (exact) mass is 503 g/mol. The molecule has 28 heavy (non-hydrogen) atoms. The van der Waals surface area contributed by atoms with E-state index in [2.05, 4.69) is 76.7 Å². The predicted molar refractivity (Wildman–Crippen MR) is 129 cm³/mol. The van der Waals surface area contributed by atoms with Gasteiger partial charge in [-0.3, -0.25) is 9.89 Å². The average molecular weight is 503 g/mol. The molecule has 1 aromatic carbocycles. The fourth-order valence-electron chi connectivity index (χ4n) is 3.46. The quantitative estimate of drug-likeness (QED) is 0.308. The standard InChI is InChI=1S/C21H37N5O.HI/c1-18(2)20(26-12-14-27-15-13-26)16-24-21(22-3)23-10-11-25(4)17-19-8-6-5-7-9-19;/h5-9,18,20H,10-17H2,1-4H3,(H2,22,23,24);1H. The Morgan fingerprint density at radius 3 is 2.46 bits per heavy atom. The van der Waals surface area contributed by atoms with Gasteiger partial charge in [-0.15, -0.1) is 24.0 Å². The third-order valence-corrected chi connectivity index (χ3v) is 5.07. The van der Waals surface area contributed by atoms with Crippen LogP contribution in [-0.2, 0) is 11.3 Å². The highest BCUT2D eigenvalue weighted by Gasteiger charge is 2.23. The number of rotatable bonds is 9. The minimum Gasteiger partial charge on any atom is -0.379 e. The topological polar surface area (TPSA) is 52.1 Å². The smallest absolute Gasteiger partial charge is 0.191 e. The number of morpholine rings is 1. The number of likely N-dealkylation sites (N-methyl/N-ethyl adjacent to an activating group) is 1. The van der Waals surface area contributed by atoms with Crippen molar-refractivity contribution in [3.8, 4) is 0 Å². The van der Waals surface area contributed by atoms with Crippen LogP contribution in [0.5, 0.6) is 0 Å². The first kappa shape index (κ1) is 25.1. The summed E-state index contributed by atoms with van der Waals surface area (Å²) >= 11 is 0. The molecule has 2 rings (SSSR count). The molecule has 0 bridgehead atoms. The fraction of sp³-hybridized carbons (Fsp3) is 0.667. The van der Waals surface area contributed by atoms with Gasteiger partial charge in [-0.1, -0.05) is 44.2 Å². The van der Waals surface area contributed by atoms with Gasteiger partial charge in [-0.2, -0.15) is 0 Å². The number of benzene rings is 1. The van der Waals surface area contributed by atoms with Gasteiger partial charge in [0.1, 0.15) is 0 Å². The van der Waals surface area contributed by atoms with Gasteiger partial charge >= 0.3 is 0 Å². The molecule has 0 amide bonds. The molecule has 160 valence electrons. The fourth-order valence-corrected chi connectivity index (χ4v) is 3.46. The Morgan fingerprint density at radius 2 is 1.86 bits per heavy atom. The molecule has 1 aliphatic rings. The van der Waals surface area contributed by atoms with Crippen molar-refractivity contribution in [2.24, 2.45) is 10.9 Å². The Kier molecular flexibility index (Phi) is 12.7. The van der Waals surface area contributed by atoms with Crippen molar-refractivity contribution in [1.82, 2.24) is 20.4 Å². The van der Waals surface area contributed by atoms with Crippen LogP contribution < -0.4 is 10.6 Å². The highest BCUT2D eigenvalue weighted by molar-refractivity contribution is 14.0. The third-order valence-electron chi connectivity index (χ3n) is 5.07. The summed E-state index contributed by atoms with van der Waals surface area (Å²) in [5.41, 5.74) is 1.34. The Morgan fingerprint density at radius 1 is 1.18 bits per heavy atom. The Balaban J connectivity index is 0.00000392. The zero-order valence-electron chi connectivity index (χ0n) is 17.9.